The molecule has 0 N–H and O–H groups in total. The lowest BCUT2D eigenvalue weighted by Gasteiger charge is -2.11. The van der Waals surface area contributed by atoms with Crippen molar-refractivity contribution in [2.45, 2.75) is 12.6 Å². The van der Waals surface area contributed by atoms with Crippen molar-refractivity contribution < 1.29 is 17.9 Å². The third-order valence-electron chi connectivity index (χ3n) is 4.93. The first-order chi connectivity index (χ1) is 14.3. The molecule has 0 spiro atoms. The molecule has 0 saturated carbocycles. The molecule has 2 aromatic heterocycles. The lowest BCUT2D eigenvalue weighted by Crippen LogP contribution is -2.15. The summed E-state index contributed by atoms with van der Waals surface area (Å²) in [6.45, 7) is 1.58. The van der Waals surface area contributed by atoms with Crippen LogP contribution in [0.2, 0.25) is 0 Å². The van der Waals surface area contributed by atoms with E-state index in [1.165, 1.54) is 10.5 Å². The first-order valence-corrected chi connectivity index (χ1v) is 9.69. The third kappa shape index (κ3) is 4.11. The summed E-state index contributed by atoms with van der Waals surface area (Å²) < 4.78 is 47.8. The van der Waals surface area contributed by atoms with Crippen molar-refractivity contribution >= 4 is 16.7 Å². The van der Waals surface area contributed by atoms with Gasteiger partial charge in [-0.1, -0.05) is 18.2 Å². The van der Waals surface area contributed by atoms with Crippen LogP contribution in [-0.4, -0.2) is 41.5 Å². The van der Waals surface area contributed by atoms with Crippen molar-refractivity contribution in [3.63, 3.8) is 0 Å². The van der Waals surface area contributed by atoms with Gasteiger partial charge in [-0.15, -0.1) is 0 Å². The highest BCUT2D eigenvalue weighted by Gasteiger charge is 2.34. The second kappa shape index (κ2) is 7.99. The summed E-state index contributed by atoms with van der Waals surface area (Å²) in [6, 6.07) is 15.2. The lowest BCUT2D eigenvalue weighted by molar-refractivity contribution is -0.136. The third-order valence-corrected chi connectivity index (χ3v) is 4.93. The van der Waals surface area contributed by atoms with Gasteiger partial charge in [0, 0.05) is 12.7 Å². The van der Waals surface area contributed by atoms with Gasteiger partial charge in [-0.25, -0.2) is 4.98 Å². The summed E-state index contributed by atoms with van der Waals surface area (Å²) in [6.07, 6.45) is -1.81. The van der Waals surface area contributed by atoms with E-state index in [0.29, 0.717) is 17.8 Å². The van der Waals surface area contributed by atoms with Gasteiger partial charge in [-0.3, -0.25) is 4.40 Å². The summed E-state index contributed by atoms with van der Waals surface area (Å²) in [7, 11) is 4.04. The Labute approximate surface area is 172 Å². The molecule has 4 aromatic rings. The number of imidazole rings is 1. The molecule has 4 rings (SSSR count). The molecule has 2 aromatic carbocycles. The van der Waals surface area contributed by atoms with Gasteiger partial charge in [0.1, 0.15) is 11.4 Å². The fourth-order valence-electron chi connectivity index (χ4n) is 3.48. The number of alkyl halides is 3. The van der Waals surface area contributed by atoms with E-state index in [0.717, 1.165) is 35.9 Å². The Morgan fingerprint density at radius 2 is 1.70 bits per heavy atom. The van der Waals surface area contributed by atoms with Gasteiger partial charge in [0.2, 0.25) is 0 Å². The highest BCUT2D eigenvalue weighted by molar-refractivity contribution is 5.85. The van der Waals surface area contributed by atoms with Gasteiger partial charge >= 0.3 is 6.18 Å². The second-order valence-electron chi connectivity index (χ2n) is 7.46. The fourth-order valence-corrected chi connectivity index (χ4v) is 3.48. The molecule has 0 aliphatic heterocycles. The van der Waals surface area contributed by atoms with Crippen LogP contribution in [0.25, 0.3) is 27.8 Å². The van der Waals surface area contributed by atoms with Crippen molar-refractivity contribution in [2.75, 3.05) is 27.2 Å². The average Bonchev–Trinajstić information content (AvgIpc) is 3.08. The maximum atomic E-state index is 13.5. The lowest BCUT2D eigenvalue weighted by atomic mass is 10.1. The van der Waals surface area contributed by atoms with Crippen LogP contribution in [0.1, 0.15) is 12.0 Å². The van der Waals surface area contributed by atoms with Crippen LogP contribution in [0.4, 0.5) is 13.2 Å². The molecule has 156 valence electrons. The smallest absolute Gasteiger partial charge is 0.418 e. The predicted molar refractivity (Wildman–Crippen MR) is 112 cm³/mol. The van der Waals surface area contributed by atoms with Crippen LogP contribution in [0.5, 0.6) is 5.75 Å². The summed E-state index contributed by atoms with van der Waals surface area (Å²) in [5.74, 6) is 0.769. The molecule has 0 fully saturated rings. The van der Waals surface area contributed by atoms with Crippen LogP contribution in [0, 0.1) is 0 Å². The standard InChI is InChI=1S/C23H22F3N3O/c1-28(2)13-4-14-30-18-10-7-16(8-11-18)17-9-12-21-27-20-6-3-5-19(23(24,25)26)22(20)29(21)15-17/h3,5-12,15H,4,13-14H2,1-2H3. The van der Waals surface area contributed by atoms with E-state index in [4.69, 9.17) is 4.74 Å². The van der Waals surface area contributed by atoms with Crippen LogP contribution in [0.15, 0.2) is 60.8 Å². The van der Waals surface area contributed by atoms with Crippen molar-refractivity contribution in [1.82, 2.24) is 14.3 Å². The van der Waals surface area contributed by atoms with Gasteiger partial charge in [0.15, 0.2) is 0 Å². The summed E-state index contributed by atoms with van der Waals surface area (Å²) in [4.78, 5) is 6.44. The van der Waals surface area contributed by atoms with E-state index in [-0.39, 0.29) is 5.52 Å². The van der Waals surface area contributed by atoms with Crippen LogP contribution >= 0.6 is 0 Å². The quantitative estimate of drug-likeness (QED) is 0.391. The Morgan fingerprint density at radius 1 is 0.967 bits per heavy atom. The van der Waals surface area contributed by atoms with Crippen LogP contribution in [-0.2, 0) is 6.18 Å². The Kier molecular flexibility index (Phi) is 5.39. The van der Waals surface area contributed by atoms with E-state index in [9.17, 15) is 13.2 Å². The van der Waals surface area contributed by atoms with Crippen molar-refractivity contribution in [3.8, 4) is 16.9 Å². The largest absolute Gasteiger partial charge is 0.494 e. The van der Waals surface area contributed by atoms with Crippen molar-refractivity contribution in [1.29, 1.82) is 0 Å². The summed E-state index contributed by atoms with van der Waals surface area (Å²) in [5, 5.41) is 0. The van der Waals surface area contributed by atoms with Gasteiger partial charge in [0.25, 0.3) is 0 Å². The highest BCUT2D eigenvalue weighted by atomic mass is 19.4. The van der Waals surface area contributed by atoms with Crippen LogP contribution in [0.3, 0.4) is 0 Å². The number of halogens is 3. The topological polar surface area (TPSA) is 29.8 Å². The number of rotatable bonds is 6. The number of hydrogen-bond donors (Lipinski definition) is 0. The zero-order valence-corrected chi connectivity index (χ0v) is 16.8. The SMILES string of the molecule is CN(C)CCCOc1ccc(-c2ccc3nc4cccc(C(F)(F)F)c4n3c2)cc1. The van der Waals surface area contributed by atoms with E-state index in [1.54, 1.807) is 18.3 Å². The molecule has 0 aliphatic carbocycles. The molecule has 0 aliphatic rings. The van der Waals surface area contributed by atoms with Gasteiger partial charge in [0.05, 0.1) is 23.2 Å². The maximum absolute atomic E-state index is 13.5. The number of benzene rings is 2. The number of ether oxygens (including phenoxy) is 1. The molecule has 4 nitrogen and oxygen atoms in total. The number of pyridine rings is 1. The summed E-state index contributed by atoms with van der Waals surface area (Å²) >= 11 is 0. The van der Waals surface area contributed by atoms with Crippen molar-refractivity contribution in [3.05, 3.63) is 66.4 Å². The molecule has 7 heteroatoms. The fraction of sp³-hybridized carbons (Fsp3) is 0.261. The van der Waals surface area contributed by atoms with Crippen LogP contribution < -0.4 is 4.74 Å². The monoisotopic (exact) mass is 413 g/mol. The maximum Gasteiger partial charge on any atom is 0.418 e. The molecule has 0 amide bonds. The number of hydrogen-bond acceptors (Lipinski definition) is 3. The predicted octanol–water partition coefficient (Wildman–Crippen LogP) is 5.50. The van der Waals surface area contributed by atoms with Gasteiger partial charge in [-0.2, -0.15) is 13.2 Å². The minimum absolute atomic E-state index is 0.0719. The van der Waals surface area contributed by atoms with E-state index < -0.39 is 11.7 Å². The van der Waals surface area contributed by atoms with Gasteiger partial charge in [-0.05, 0) is 68.0 Å². The first-order valence-electron chi connectivity index (χ1n) is 9.69. The minimum Gasteiger partial charge on any atom is -0.494 e. The number of fused-ring (bicyclic) bond motifs is 3. The first kappa shape index (κ1) is 20.2. The molecule has 0 radical (unpaired) electrons. The molecule has 0 atom stereocenters. The van der Waals surface area contributed by atoms with E-state index >= 15 is 0 Å². The zero-order valence-electron chi connectivity index (χ0n) is 16.8. The normalized spacial score (nSPS) is 12.2. The average molecular weight is 413 g/mol. The highest BCUT2D eigenvalue weighted by Crippen LogP contribution is 2.35. The molecule has 2 heterocycles. The number of para-hydroxylation sites is 1. The molecular formula is C23H22F3N3O. The molecule has 0 saturated heterocycles. The van der Waals surface area contributed by atoms with E-state index in [2.05, 4.69) is 9.88 Å². The Bertz CT molecular complexity index is 1160. The van der Waals surface area contributed by atoms with E-state index in [1.807, 2.05) is 44.4 Å². The zero-order chi connectivity index (χ0) is 21.3. The second-order valence-corrected chi connectivity index (χ2v) is 7.46. The Hall–Kier alpha value is -3.06. The Morgan fingerprint density at radius 3 is 2.40 bits per heavy atom. The number of aromatic nitrogens is 2. The molecule has 0 unspecified atom stereocenters. The van der Waals surface area contributed by atoms with Crippen molar-refractivity contribution in [2.24, 2.45) is 0 Å². The molecular weight excluding hydrogens is 391 g/mol. The minimum atomic E-state index is -4.45. The number of nitrogens with zero attached hydrogens (tertiary/aromatic N) is 3. The summed E-state index contributed by atoms with van der Waals surface area (Å²) in [5.41, 5.74) is 1.88. The van der Waals surface area contributed by atoms with Gasteiger partial charge < -0.3 is 9.64 Å². The molecule has 30 heavy (non-hydrogen) atoms. The molecule has 0 bridgehead atoms. The Balaban J connectivity index is 1.64.